The number of allylic oxidation sites excluding steroid dienone is 2. The van der Waals surface area contributed by atoms with Crippen molar-refractivity contribution in [1.29, 1.82) is 5.26 Å². The Labute approximate surface area is 220 Å². The van der Waals surface area contributed by atoms with Crippen LogP contribution in [0.3, 0.4) is 0 Å². The number of nitriles is 1. The third-order valence-electron chi connectivity index (χ3n) is 5.76. The van der Waals surface area contributed by atoms with Crippen molar-refractivity contribution in [1.82, 2.24) is 15.0 Å². The van der Waals surface area contributed by atoms with E-state index in [-0.39, 0.29) is 30.3 Å². The molecular formula is C25H30N6O7. The largest absolute Gasteiger partial charge is 0.534 e. The van der Waals surface area contributed by atoms with Crippen LogP contribution >= 0.6 is 0 Å². The Balaban J connectivity index is 1.72. The van der Waals surface area contributed by atoms with Crippen molar-refractivity contribution < 1.29 is 33.5 Å². The predicted octanol–water partition coefficient (Wildman–Crippen LogP) is 3.45. The highest BCUT2D eigenvalue weighted by atomic mass is 16.8. The molecule has 2 heterocycles. The molecule has 2 fully saturated rings. The van der Waals surface area contributed by atoms with Gasteiger partial charge in [0.25, 0.3) is 11.8 Å². The minimum absolute atomic E-state index is 0.00596. The second-order valence-electron chi connectivity index (χ2n) is 9.79. The molecular weight excluding hydrogens is 496 g/mol. The molecule has 13 nitrogen and oxygen atoms in total. The number of aromatic nitrogens is 2. The Hall–Kier alpha value is -4.34. The number of hydroxylamine groups is 2. The zero-order chi connectivity index (χ0) is 28.0. The number of hydrogen-bond donors (Lipinski definition) is 0. The first-order chi connectivity index (χ1) is 17.9. The van der Waals surface area contributed by atoms with Crippen LogP contribution in [0.5, 0.6) is 0 Å². The zero-order valence-corrected chi connectivity index (χ0v) is 22.0. The summed E-state index contributed by atoms with van der Waals surface area (Å²) in [6.45, 7) is 6.92. The van der Waals surface area contributed by atoms with Crippen LogP contribution in [0.4, 0.5) is 15.4 Å². The fourth-order valence-corrected chi connectivity index (χ4v) is 4.07. The van der Waals surface area contributed by atoms with Gasteiger partial charge < -0.3 is 9.47 Å². The van der Waals surface area contributed by atoms with Gasteiger partial charge in [-0.25, -0.2) is 24.5 Å². The van der Waals surface area contributed by atoms with Gasteiger partial charge >= 0.3 is 12.2 Å². The van der Waals surface area contributed by atoms with Gasteiger partial charge in [0.1, 0.15) is 17.8 Å². The summed E-state index contributed by atoms with van der Waals surface area (Å²) in [6, 6.07) is 1.89. The van der Waals surface area contributed by atoms with Crippen LogP contribution in [-0.4, -0.2) is 63.6 Å². The van der Waals surface area contributed by atoms with E-state index >= 15 is 0 Å². The summed E-state index contributed by atoms with van der Waals surface area (Å²) in [7, 11) is 1.62. The molecule has 1 saturated heterocycles. The van der Waals surface area contributed by atoms with Crippen LogP contribution < -0.4 is 4.90 Å². The second kappa shape index (κ2) is 11.8. The SMILES string of the molecule is CN=C(/C=C(\C)N(C(=O)OC(C)(C)C)c1cnc(C#N)cn1)[C@H]1CC[C@@H](OC(=O)ON2C(=O)CCC2=O)C1. The summed E-state index contributed by atoms with van der Waals surface area (Å²) >= 11 is 0. The number of ether oxygens (including phenoxy) is 2. The van der Waals surface area contributed by atoms with E-state index in [1.54, 1.807) is 40.8 Å². The van der Waals surface area contributed by atoms with Crippen molar-refractivity contribution in [3.05, 3.63) is 29.9 Å². The highest BCUT2D eigenvalue weighted by Gasteiger charge is 2.36. The van der Waals surface area contributed by atoms with Gasteiger partial charge in [0.2, 0.25) is 0 Å². The number of imide groups is 1. The molecule has 0 bridgehead atoms. The van der Waals surface area contributed by atoms with Crippen LogP contribution in [-0.2, 0) is 23.9 Å². The van der Waals surface area contributed by atoms with E-state index in [1.807, 2.05) is 6.07 Å². The van der Waals surface area contributed by atoms with Crippen LogP contribution in [0.2, 0.25) is 0 Å². The zero-order valence-electron chi connectivity index (χ0n) is 22.0. The highest BCUT2D eigenvalue weighted by Crippen LogP contribution is 2.31. The molecule has 1 saturated carbocycles. The monoisotopic (exact) mass is 526 g/mol. The maximum atomic E-state index is 13.1. The first-order valence-corrected chi connectivity index (χ1v) is 12.1. The molecule has 1 aliphatic carbocycles. The Morgan fingerprint density at radius 1 is 1.18 bits per heavy atom. The van der Waals surface area contributed by atoms with E-state index < -0.39 is 35.8 Å². The van der Waals surface area contributed by atoms with Crippen molar-refractivity contribution in [2.45, 2.75) is 71.5 Å². The molecule has 0 aromatic carbocycles. The fraction of sp³-hybridized carbons (Fsp3) is 0.520. The van der Waals surface area contributed by atoms with Gasteiger partial charge in [-0.2, -0.15) is 5.26 Å². The number of hydrogen-bond acceptors (Lipinski definition) is 11. The molecule has 0 unspecified atom stereocenters. The Kier molecular flexibility index (Phi) is 8.77. The summed E-state index contributed by atoms with van der Waals surface area (Å²) in [5.74, 6) is -1.10. The molecule has 0 N–H and O–H groups in total. The Morgan fingerprint density at radius 2 is 1.87 bits per heavy atom. The maximum absolute atomic E-state index is 13.1. The number of aliphatic imine (C=N–C) groups is 1. The summed E-state index contributed by atoms with van der Waals surface area (Å²) in [5, 5.41) is 9.47. The van der Waals surface area contributed by atoms with Crippen molar-refractivity contribution in [3.63, 3.8) is 0 Å². The molecule has 3 amide bonds. The summed E-state index contributed by atoms with van der Waals surface area (Å²) in [5.41, 5.74) is 0.437. The highest BCUT2D eigenvalue weighted by molar-refractivity contribution is 6.01. The smallest absolute Gasteiger partial charge is 0.443 e. The lowest BCUT2D eigenvalue weighted by Crippen LogP contribution is -2.36. The normalized spacial score (nSPS) is 20.3. The van der Waals surface area contributed by atoms with Gasteiger partial charge in [-0.1, -0.05) is 5.06 Å². The number of carbonyl (C=O) groups excluding carboxylic acids is 4. The van der Waals surface area contributed by atoms with E-state index in [4.69, 9.17) is 19.6 Å². The number of nitrogens with zero attached hydrogens (tertiary/aromatic N) is 6. The van der Waals surface area contributed by atoms with E-state index in [9.17, 15) is 19.2 Å². The van der Waals surface area contributed by atoms with Gasteiger partial charge in [-0.3, -0.25) is 19.4 Å². The van der Waals surface area contributed by atoms with E-state index in [1.165, 1.54) is 17.3 Å². The molecule has 0 radical (unpaired) electrons. The van der Waals surface area contributed by atoms with Crippen LogP contribution in [0.25, 0.3) is 0 Å². The average Bonchev–Trinajstić information content (AvgIpc) is 3.43. The topological polar surface area (TPSA) is 164 Å². The van der Waals surface area contributed by atoms with Crippen molar-refractivity contribution in [3.8, 4) is 6.07 Å². The lowest BCUT2D eigenvalue weighted by molar-refractivity contribution is -0.178. The first kappa shape index (κ1) is 28.2. The van der Waals surface area contributed by atoms with Crippen LogP contribution in [0.1, 0.15) is 65.5 Å². The lowest BCUT2D eigenvalue weighted by atomic mass is 10.0. The minimum Gasteiger partial charge on any atom is -0.443 e. The third kappa shape index (κ3) is 7.12. The lowest BCUT2D eigenvalue weighted by Gasteiger charge is -2.27. The van der Waals surface area contributed by atoms with Gasteiger partial charge in [0.05, 0.1) is 12.4 Å². The fourth-order valence-electron chi connectivity index (χ4n) is 4.07. The number of anilines is 1. The summed E-state index contributed by atoms with van der Waals surface area (Å²) < 4.78 is 10.9. The molecule has 1 aromatic rings. The number of carbonyl (C=O) groups is 4. The predicted molar refractivity (Wildman–Crippen MR) is 132 cm³/mol. The Morgan fingerprint density at radius 3 is 2.42 bits per heavy atom. The summed E-state index contributed by atoms with van der Waals surface area (Å²) in [6.07, 6.45) is 3.56. The molecule has 2 atom stereocenters. The van der Waals surface area contributed by atoms with Gasteiger partial charge in [-0.05, 0) is 53.0 Å². The standard InChI is InChI=1S/C25H30N6O7/c1-15(30(23(34)37-25(2,3)4)20-14-28-17(12-26)13-29-20)10-19(27-5)16-6-7-18(11-16)36-24(35)38-31-21(32)8-9-22(31)33/h10,13-14,16,18H,6-9,11H2,1-5H3/b15-10+,27-19?/t16-,18+/m0/s1. The molecule has 1 aromatic heterocycles. The molecule has 0 spiro atoms. The molecule has 1 aliphatic heterocycles. The maximum Gasteiger partial charge on any atom is 0.534 e. The van der Waals surface area contributed by atoms with Crippen LogP contribution in [0, 0.1) is 17.2 Å². The quantitative estimate of drug-likeness (QED) is 0.304. The molecule has 2 aliphatic rings. The number of amides is 3. The van der Waals surface area contributed by atoms with E-state index in [0.717, 1.165) is 0 Å². The van der Waals surface area contributed by atoms with Crippen LogP contribution in [0.15, 0.2) is 29.2 Å². The van der Waals surface area contributed by atoms with Crippen molar-refractivity contribution in [2.75, 3.05) is 11.9 Å². The first-order valence-electron chi connectivity index (χ1n) is 12.1. The third-order valence-corrected chi connectivity index (χ3v) is 5.76. The van der Waals surface area contributed by atoms with Gasteiger partial charge in [-0.15, -0.1) is 0 Å². The Bertz CT molecular complexity index is 1180. The summed E-state index contributed by atoms with van der Waals surface area (Å²) in [4.78, 5) is 67.1. The minimum atomic E-state index is -1.11. The van der Waals surface area contributed by atoms with E-state index in [2.05, 4.69) is 15.0 Å². The molecule has 3 rings (SSSR count). The average molecular weight is 527 g/mol. The molecule has 13 heteroatoms. The van der Waals surface area contributed by atoms with Gasteiger partial charge in [0, 0.05) is 37.2 Å². The number of rotatable bonds is 6. The van der Waals surface area contributed by atoms with Crippen molar-refractivity contribution >= 4 is 35.6 Å². The molecule has 38 heavy (non-hydrogen) atoms. The second-order valence-corrected chi connectivity index (χ2v) is 9.79. The van der Waals surface area contributed by atoms with Gasteiger partial charge in [0.15, 0.2) is 11.5 Å². The van der Waals surface area contributed by atoms with Crippen molar-refractivity contribution in [2.24, 2.45) is 10.9 Å². The molecule has 202 valence electrons. The van der Waals surface area contributed by atoms with E-state index in [0.29, 0.717) is 35.7 Å².